The monoisotopic (exact) mass is 314 g/mol. The SMILES string of the molecule is C[Si](C)(C)C(C(=S)[S-])([Si](C)(C)C)[Si](C)(C)C.[Li+]. The molecule has 0 radical (unpaired) electrons. The Kier molecular flexibility index (Phi) is 7.25. The van der Waals surface area contributed by atoms with Crippen molar-refractivity contribution in [1.29, 1.82) is 0 Å². The Morgan fingerprint density at radius 1 is 0.765 bits per heavy atom. The zero-order valence-electron chi connectivity index (χ0n) is 13.3. The molecule has 0 aliphatic carbocycles. The van der Waals surface area contributed by atoms with Gasteiger partial charge in [0.1, 0.15) is 0 Å². The first-order valence-electron chi connectivity index (χ1n) is 5.91. The molecule has 0 bridgehead atoms. The molecule has 0 heterocycles. The van der Waals surface area contributed by atoms with Crippen molar-refractivity contribution in [2.45, 2.75) is 63.2 Å². The maximum Gasteiger partial charge on any atom is 1.00 e. The molecule has 0 aromatic carbocycles. The molecule has 0 amide bonds. The van der Waals surface area contributed by atoms with Crippen molar-refractivity contribution in [3.8, 4) is 0 Å². The summed E-state index contributed by atoms with van der Waals surface area (Å²) in [6, 6.07) is 0. The summed E-state index contributed by atoms with van der Waals surface area (Å²) in [6.45, 7) is 22.1. The molecule has 0 saturated carbocycles. The zero-order valence-corrected chi connectivity index (χ0v) is 17.9. The minimum Gasteiger partial charge on any atom is -0.433 e. The van der Waals surface area contributed by atoms with Gasteiger partial charge in [0, 0.05) is 24.2 Å². The second-order valence-electron chi connectivity index (χ2n) is 7.79. The van der Waals surface area contributed by atoms with Gasteiger partial charge in [0.25, 0.3) is 0 Å². The van der Waals surface area contributed by atoms with E-state index in [-0.39, 0.29) is 23.1 Å². The maximum atomic E-state index is 5.59. The Balaban J connectivity index is 0. The second kappa shape index (κ2) is 5.90. The van der Waals surface area contributed by atoms with Crippen molar-refractivity contribution >= 4 is 53.3 Å². The first-order valence-corrected chi connectivity index (χ1v) is 17.2. The summed E-state index contributed by atoms with van der Waals surface area (Å²) in [4.78, 5) is 0. The van der Waals surface area contributed by atoms with Crippen LogP contribution in [-0.4, -0.2) is 28.4 Å². The summed E-state index contributed by atoms with van der Waals surface area (Å²) >= 11 is 11.2. The van der Waals surface area contributed by atoms with E-state index in [4.69, 9.17) is 24.8 Å². The first kappa shape index (κ1) is 20.9. The van der Waals surface area contributed by atoms with E-state index in [9.17, 15) is 0 Å². The Morgan fingerprint density at radius 3 is 0.941 bits per heavy atom. The van der Waals surface area contributed by atoms with Crippen LogP contribution in [-0.2, 0) is 12.6 Å². The molecule has 0 aliphatic heterocycles. The Hall–Kier alpha value is 1.56. The summed E-state index contributed by atoms with van der Waals surface area (Å²) < 4.78 is 1.18. The predicted octanol–water partition coefficient (Wildman–Crippen LogP) is 1.70. The van der Waals surface area contributed by atoms with Crippen LogP contribution in [0.4, 0.5) is 0 Å². The summed E-state index contributed by atoms with van der Waals surface area (Å²) in [7, 11) is -4.18. The van der Waals surface area contributed by atoms with Crippen molar-refractivity contribution < 1.29 is 18.9 Å². The van der Waals surface area contributed by atoms with Crippen LogP contribution in [0.2, 0.25) is 63.2 Å². The van der Waals surface area contributed by atoms with E-state index in [1.807, 2.05) is 0 Å². The van der Waals surface area contributed by atoms with E-state index in [0.29, 0.717) is 0 Å². The van der Waals surface area contributed by atoms with E-state index in [2.05, 4.69) is 58.9 Å². The third kappa shape index (κ3) is 3.56. The smallest absolute Gasteiger partial charge is 0.433 e. The number of hydrogen-bond donors (Lipinski definition) is 0. The zero-order chi connectivity index (χ0) is 13.6. The van der Waals surface area contributed by atoms with Crippen LogP contribution >= 0.6 is 12.2 Å². The summed E-state index contributed by atoms with van der Waals surface area (Å²) in [5.74, 6) is 0. The molecular formula is C11H27LiS2Si3. The topological polar surface area (TPSA) is 0 Å². The molecule has 0 aliphatic rings. The van der Waals surface area contributed by atoms with Crippen molar-refractivity contribution in [1.82, 2.24) is 0 Å². The van der Waals surface area contributed by atoms with Crippen LogP contribution in [0.25, 0.3) is 0 Å². The molecule has 96 valence electrons. The minimum atomic E-state index is -1.39. The second-order valence-corrected chi connectivity index (χ2v) is 26.1. The van der Waals surface area contributed by atoms with Gasteiger partial charge in [-0.1, -0.05) is 58.9 Å². The molecular weight excluding hydrogens is 287 g/mol. The van der Waals surface area contributed by atoms with E-state index < -0.39 is 24.2 Å². The van der Waals surface area contributed by atoms with Gasteiger partial charge in [0.15, 0.2) is 0 Å². The largest absolute Gasteiger partial charge is 1.00 e. The summed E-state index contributed by atoms with van der Waals surface area (Å²) in [5, 5.41) is 0. The molecule has 0 N–H and O–H groups in total. The van der Waals surface area contributed by atoms with E-state index in [0.717, 1.165) is 4.20 Å². The van der Waals surface area contributed by atoms with Crippen LogP contribution in [0.1, 0.15) is 0 Å². The van der Waals surface area contributed by atoms with E-state index in [1.165, 1.54) is 0 Å². The molecule has 0 spiro atoms. The molecule has 0 nitrogen and oxygen atoms in total. The maximum absolute atomic E-state index is 5.59. The van der Waals surface area contributed by atoms with E-state index in [1.54, 1.807) is 0 Å². The van der Waals surface area contributed by atoms with Crippen LogP contribution in [0.5, 0.6) is 0 Å². The standard InChI is InChI=1S/C11H28S2Si3.Li/c1-14(2,3)11(10(12)13,15(4,5)6)16(7,8)9;/h1-9H3,(H,12,13);/q;+1/p-1. The molecule has 0 aromatic heterocycles. The molecule has 17 heavy (non-hydrogen) atoms. The number of rotatable bonds is 4. The van der Waals surface area contributed by atoms with Gasteiger partial charge in [-0.25, -0.2) is 0 Å². The Labute approximate surface area is 134 Å². The summed E-state index contributed by atoms with van der Waals surface area (Å²) in [6.07, 6.45) is 0. The van der Waals surface area contributed by atoms with Gasteiger partial charge in [0.05, 0.1) is 0 Å². The fraction of sp³-hybridized carbons (Fsp3) is 0.909. The van der Waals surface area contributed by atoms with Gasteiger partial charge in [-0.2, -0.15) is 4.20 Å². The van der Waals surface area contributed by atoms with E-state index >= 15 is 0 Å². The molecule has 0 aromatic rings. The van der Waals surface area contributed by atoms with Crippen LogP contribution in [0, 0.1) is 0 Å². The fourth-order valence-electron chi connectivity index (χ4n) is 4.29. The Morgan fingerprint density at radius 2 is 0.941 bits per heavy atom. The predicted molar refractivity (Wildman–Crippen MR) is 92.7 cm³/mol. The third-order valence-corrected chi connectivity index (χ3v) is 26.4. The quantitative estimate of drug-likeness (QED) is 0.440. The van der Waals surface area contributed by atoms with Gasteiger partial charge >= 0.3 is 18.9 Å². The van der Waals surface area contributed by atoms with Crippen molar-refractivity contribution in [2.24, 2.45) is 0 Å². The van der Waals surface area contributed by atoms with Crippen LogP contribution in [0.3, 0.4) is 0 Å². The fourth-order valence-corrected chi connectivity index (χ4v) is 38.6. The minimum absolute atomic E-state index is 0. The van der Waals surface area contributed by atoms with Gasteiger partial charge in [-0.3, -0.25) is 0 Å². The van der Waals surface area contributed by atoms with Crippen LogP contribution < -0.4 is 18.9 Å². The number of hydrogen-bond acceptors (Lipinski definition) is 2. The molecule has 0 fully saturated rings. The average molecular weight is 315 g/mol. The normalized spacial score (nSPS) is 14.2. The number of thiocarbonyl (C=S) groups is 1. The molecule has 6 heteroatoms. The Bertz CT molecular complexity index is 249. The average Bonchev–Trinajstić information content (AvgIpc) is 1.71. The van der Waals surface area contributed by atoms with Gasteiger partial charge in [-0.15, -0.1) is 0 Å². The summed E-state index contributed by atoms with van der Waals surface area (Å²) in [5.41, 5.74) is 0. The van der Waals surface area contributed by atoms with Crippen molar-refractivity contribution in [3.63, 3.8) is 0 Å². The first-order chi connectivity index (χ1) is 6.69. The van der Waals surface area contributed by atoms with Gasteiger partial charge in [-0.05, 0) is 4.28 Å². The molecule has 0 unspecified atom stereocenters. The molecule has 0 atom stereocenters. The van der Waals surface area contributed by atoms with Gasteiger partial charge < -0.3 is 24.8 Å². The van der Waals surface area contributed by atoms with Gasteiger partial charge in [0.2, 0.25) is 0 Å². The van der Waals surface area contributed by atoms with Crippen molar-refractivity contribution in [3.05, 3.63) is 0 Å². The van der Waals surface area contributed by atoms with Crippen molar-refractivity contribution in [2.75, 3.05) is 0 Å². The molecule has 0 saturated heterocycles. The molecule has 0 rings (SSSR count). The van der Waals surface area contributed by atoms with Crippen LogP contribution in [0.15, 0.2) is 0 Å². The third-order valence-electron chi connectivity index (χ3n) is 3.68.